The van der Waals surface area contributed by atoms with E-state index in [0.717, 1.165) is 48.7 Å². The molecule has 3 heteroatoms. The third kappa shape index (κ3) is 7.29. The Balaban J connectivity index is 1.91. The zero-order valence-corrected chi connectivity index (χ0v) is 25.5. The molecule has 2 nitrogen and oxygen atoms in total. The predicted octanol–water partition coefficient (Wildman–Crippen LogP) is 9.27. The first-order valence-corrected chi connectivity index (χ1v) is 15.7. The van der Waals surface area contributed by atoms with E-state index in [1.165, 1.54) is 40.7 Å². The number of benzene rings is 4. The van der Waals surface area contributed by atoms with E-state index in [4.69, 9.17) is 4.74 Å². The van der Waals surface area contributed by atoms with Gasteiger partial charge in [-0.2, -0.15) is 0 Å². The molecule has 0 aliphatic carbocycles. The van der Waals surface area contributed by atoms with Gasteiger partial charge in [0.2, 0.25) is 0 Å². The Bertz CT molecular complexity index is 1380. The largest absolute Gasteiger partial charge is 0.496 e. The average Bonchev–Trinajstić information content (AvgIpc) is 2.98. The summed E-state index contributed by atoms with van der Waals surface area (Å²) in [5, 5.41) is 1.04. The van der Waals surface area contributed by atoms with E-state index >= 15 is 0 Å². The lowest BCUT2D eigenvalue weighted by molar-refractivity contribution is 0.101. The number of hydrogen-bond donors (Lipinski definition) is 0. The highest BCUT2D eigenvalue weighted by atomic mass is 31.1. The van der Waals surface area contributed by atoms with Gasteiger partial charge in [-0.15, -0.1) is 0 Å². The number of carbonyl (C=O) groups excluding carboxylic acids is 1. The van der Waals surface area contributed by atoms with Crippen LogP contribution in [0.25, 0.3) is 0 Å². The molecule has 0 aromatic heterocycles. The molecule has 0 fully saturated rings. The van der Waals surface area contributed by atoms with Gasteiger partial charge in [-0.25, -0.2) is 0 Å². The minimum atomic E-state index is -0.121. The summed E-state index contributed by atoms with van der Waals surface area (Å²) in [6.45, 7) is 6.27. The van der Waals surface area contributed by atoms with Gasteiger partial charge in [0.1, 0.15) is 5.75 Å². The quantitative estimate of drug-likeness (QED) is 0.0888. The lowest BCUT2D eigenvalue weighted by atomic mass is 9.84. The lowest BCUT2D eigenvalue weighted by Crippen LogP contribution is -2.26. The third-order valence-corrected chi connectivity index (χ3v) is 9.98. The minimum Gasteiger partial charge on any atom is -0.496 e. The molecule has 4 aromatic carbocycles. The summed E-state index contributed by atoms with van der Waals surface area (Å²) < 4.78 is 6.32. The summed E-state index contributed by atoms with van der Waals surface area (Å²) in [6.07, 6.45) is 7.28. The average molecular weight is 551 g/mol. The Labute approximate surface area is 243 Å². The van der Waals surface area contributed by atoms with Crippen LogP contribution in [0.3, 0.4) is 0 Å². The first-order chi connectivity index (χ1) is 19.5. The van der Waals surface area contributed by atoms with Crippen molar-refractivity contribution in [1.82, 2.24) is 0 Å². The molecule has 0 radical (unpaired) electrons. The molecule has 0 heterocycles. The molecule has 0 aliphatic heterocycles. The zero-order chi connectivity index (χ0) is 28.4. The smallest absolute Gasteiger partial charge is 0.160 e. The van der Waals surface area contributed by atoms with Crippen LogP contribution in [0.15, 0.2) is 97.1 Å². The highest BCUT2D eigenvalue weighted by Crippen LogP contribution is 2.52. The van der Waals surface area contributed by atoms with Crippen LogP contribution in [-0.2, 0) is 18.0 Å². The maximum absolute atomic E-state index is 12.7. The van der Waals surface area contributed by atoms with Gasteiger partial charge in [0.25, 0.3) is 0 Å². The lowest BCUT2D eigenvalue weighted by Gasteiger charge is -2.37. The van der Waals surface area contributed by atoms with Crippen LogP contribution in [-0.4, -0.2) is 12.9 Å². The van der Waals surface area contributed by atoms with Crippen LogP contribution in [0.2, 0.25) is 0 Å². The fourth-order valence-corrected chi connectivity index (χ4v) is 7.67. The van der Waals surface area contributed by atoms with Crippen LogP contribution < -0.4 is 10.0 Å². The maximum atomic E-state index is 12.7. The molecule has 0 saturated carbocycles. The number of unbranched alkanes of at least 4 members (excludes halogenated alkanes) is 2. The van der Waals surface area contributed by atoms with Crippen molar-refractivity contribution >= 4 is 19.7 Å². The van der Waals surface area contributed by atoms with Gasteiger partial charge in [0, 0.05) is 22.7 Å². The summed E-state index contributed by atoms with van der Waals surface area (Å²) in [4.78, 5) is 12.7. The third-order valence-electron chi connectivity index (χ3n) is 7.92. The molecule has 0 N–H and O–H groups in total. The number of ketones is 1. The van der Waals surface area contributed by atoms with Gasteiger partial charge >= 0.3 is 0 Å². The Morgan fingerprint density at radius 2 is 1.40 bits per heavy atom. The van der Waals surface area contributed by atoms with Crippen LogP contribution in [0, 0.1) is 0 Å². The molecule has 0 saturated heterocycles. The van der Waals surface area contributed by atoms with Crippen molar-refractivity contribution in [3.8, 4) is 5.75 Å². The summed E-state index contributed by atoms with van der Waals surface area (Å²) in [7, 11) is 2.30. The molecule has 0 amide bonds. The Morgan fingerprint density at radius 3 is 2.00 bits per heavy atom. The van der Waals surface area contributed by atoms with Crippen LogP contribution in [0.4, 0.5) is 0 Å². The van der Waals surface area contributed by atoms with Gasteiger partial charge in [-0.3, -0.25) is 4.79 Å². The highest BCUT2D eigenvalue weighted by molar-refractivity contribution is 7.48. The van der Waals surface area contributed by atoms with E-state index in [1.807, 2.05) is 19.2 Å². The molecule has 4 aromatic rings. The topological polar surface area (TPSA) is 26.3 Å². The molecule has 208 valence electrons. The zero-order valence-electron chi connectivity index (χ0n) is 24.5. The van der Waals surface area contributed by atoms with Gasteiger partial charge in [0.05, 0.1) is 7.11 Å². The molecule has 0 aliphatic rings. The molecule has 2 atom stereocenters. The summed E-state index contributed by atoms with van der Waals surface area (Å²) in [5.74, 6) is 1.14. The maximum Gasteiger partial charge on any atom is 0.160 e. The van der Waals surface area contributed by atoms with Crippen LogP contribution in [0.1, 0.15) is 91.1 Å². The Hall–Kier alpha value is -3.22. The fourth-order valence-electron chi connectivity index (χ4n) is 5.79. The van der Waals surface area contributed by atoms with E-state index in [-0.39, 0.29) is 10.9 Å². The second-order valence-corrected chi connectivity index (χ2v) is 12.5. The molecule has 4 rings (SSSR count). The number of methoxy groups -OCH3 is 1. The van der Waals surface area contributed by atoms with Crippen LogP contribution in [0.5, 0.6) is 5.75 Å². The molecule has 2 unspecified atom stereocenters. The van der Waals surface area contributed by atoms with E-state index in [9.17, 15) is 4.79 Å². The second-order valence-electron chi connectivity index (χ2n) is 10.8. The van der Waals surface area contributed by atoms with Crippen molar-refractivity contribution in [2.45, 2.75) is 70.9 Å². The molecular weight excluding hydrogens is 507 g/mol. The summed E-state index contributed by atoms with van der Waals surface area (Å²) in [5.41, 5.74) is 7.27. The van der Waals surface area contributed by atoms with Crippen molar-refractivity contribution < 1.29 is 9.53 Å². The first kappa shape index (κ1) is 29.8. The number of carbonyl (C=O) groups is 1. The van der Waals surface area contributed by atoms with Gasteiger partial charge in [-0.05, 0) is 53.7 Å². The van der Waals surface area contributed by atoms with E-state index in [0.29, 0.717) is 8.58 Å². The monoisotopic (exact) mass is 550 g/mol. The van der Waals surface area contributed by atoms with Crippen molar-refractivity contribution in [3.63, 3.8) is 0 Å². The van der Waals surface area contributed by atoms with E-state index < -0.39 is 0 Å². The first-order valence-electron chi connectivity index (χ1n) is 14.7. The van der Waals surface area contributed by atoms with Gasteiger partial charge in [0.15, 0.2) is 5.78 Å². The van der Waals surface area contributed by atoms with Crippen LogP contribution >= 0.6 is 8.58 Å². The molecule has 0 bridgehead atoms. The van der Waals surface area contributed by atoms with Crippen molar-refractivity contribution in [2.24, 2.45) is 0 Å². The van der Waals surface area contributed by atoms with E-state index in [1.54, 1.807) is 6.92 Å². The fraction of sp³-hybridized carbons (Fsp3) is 0.324. The highest BCUT2D eigenvalue weighted by Gasteiger charge is 2.35. The van der Waals surface area contributed by atoms with Crippen molar-refractivity contribution in [2.75, 3.05) is 7.11 Å². The number of rotatable bonds is 14. The molecule has 0 spiro atoms. The van der Waals surface area contributed by atoms with Crippen molar-refractivity contribution in [3.05, 3.63) is 130 Å². The minimum absolute atomic E-state index is 0.121. The Morgan fingerprint density at radius 1 is 0.775 bits per heavy atom. The van der Waals surface area contributed by atoms with Gasteiger partial charge in [-0.1, -0.05) is 139 Å². The summed E-state index contributed by atoms with van der Waals surface area (Å²) in [6, 6.07) is 34.4. The van der Waals surface area contributed by atoms with E-state index in [2.05, 4.69) is 98.8 Å². The summed E-state index contributed by atoms with van der Waals surface area (Å²) >= 11 is 0. The van der Waals surface area contributed by atoms with Crippen molar-refractivity contribution in [1.29, 1.82) is 0 Å². The molecular formula is C37H43O2P. The second kappa shape index (κ2) is 14.4. The SMILES string of the molecule is CCCCCC(CC)(Pc1ccccc1C(C)=O)c1cc(Cc2ccccc2)cc(Cc2ccccc2)c1OC. The standard InChI is InChI=1S/C37H43O2P/c1-5-7-16-23-37(6-2,40-35-22-15-14-21-33(35)28(3)38)34-27-31(24-29-17-10-8-11-18-29)26-32(36(34)39-4)25-30-19-12-9-13-20-30/h8-15,17-22,26-27,40H,5-7,16,23-25H2,1-4H3. The number of ether oxygens (including phenoxy) is 1. The Kier molecular flexibility index (Phi) is 10.7. The predicted molar refractivity (Wildman–Crippen MR) is 172 cm³/mol. The van der Waals surface area contributed by atoms with Gasteiger partial charge < -0.3 is 4.74 Å². The molecule has 40 heavy (non-hydrogen) atoms. The number of Topliss-reactive ketones (excluding diaryl/α,β-unsaturated/α-hetero) is 1. The normalized spacial score (nSPS) is 12.9. The number of hydrogen-bond acceptors (Lipinski definition) is 2.